The first kappa shape index (κ1) is 17.2. The molecule has 2 saturated carbocycles. The fourth-order valence-electron chi connectivity index (χ4n) is 4.73. The van der Waals surface area contributed by atoms with E-state index in [2.05, 4.69) is 24.1 Å². The van der Waals surface area contributed by atoms with Crippen LogP contribution in [0.1, 0.15) is 46.0 Å². The monoisotopic (exact) mass is 323 g/mol. The van der Waals surface area contributed by atoms with Crippen molar-refractivity contribution in [2.24, 2.45) is 23.5 Å². The molecule has 3 N–H and O–H groups in total. The molecule has 2 aliphatic carbocycles. The van der Waals surface area contributed by atoms with Crippen molar-refractivity contribution in [3.63, 3.8) is 0 Å². The molecule has 0 aromatic heterocycles. The van der Waals surface area contributed by atoms with Crippen LogP contribution in [0.4, 0.5) is 0 Å². The smallest absolute Gasteiger partial charge is 0.223 e. The lowest BCUT2D eigenvalue weighted by Crippen LogP contribution is -2.56. The molecule has 2 bridgehead atoms. The lowest BCUT2D eigenvalue weighted by molar-refractivity contribution is -0.128. The zero-order chi connectivity index (χ0) is 16.4. The summed E-state index contributed by atoms with van der Waals surface area (Å²) in [6.45, 7) is 8.62. The zero-order valence-electron chi connectivity index (χ0n) is 14.7. The summed E-state index contributed by atoms with van der Waals surface area (Å²) in [6.07, 6.45) is 5.69. The quantitative estimate of drug-likeness (QED) is 0.820. The van der Waals surface area contributed by atoms with E-state index in [-0.39, 0.29) is 17.4 Å². The molecule has 1 saturated heterocycles. The Balaban J connectivity index is 1.51. The van der Waals surface area contributed by atoms with Crippen LogP contribution in [0, 0.1) is 17.8 Å². The molecule has 1 heterocycles. The van der Waals surface area contributed by atoms with Gasteiger partial charge >= 0.3 is 0 Å². The Kier molecular flexibility index (Phi) is 5.29. The number of carbonyl (C=O) groups excluding carboxylic acids is 1. The number of ether oxygens (including phenoxy) is 1. The molecule has 2 atom stereocenters. The van der Waals surface area contributed by atoms with Crippen LogP contribution < -0.4 is 11.1 Å². The van der Waals surface area contributed by atoms with E-state index in [1.807, 2.05) is 0 Å². The first-order valence-corrected chi connectivity index (χ1v) is 9.33. The number of morpholine rings is 1. The first-order chi connectivity index (χ1) is 11.0. The molecule has 3 aliphatic rings. The van der Waals surface area contributed by atoms with Crippen molar-refractivity contribution in [2.45, 2.75) is 57.5 Å². The topological polar surface area (TPSA) is 67.6 Å². The summed E-state index contributed by atoms with van der Waals surface area (Å²) in [5, 5.41) is 3.23. The molecule has 0 radical (unpaired) electrons. The minimum absolute atomic E-state index is 0.0135. The van der Waals surface area contributed by atoms with Crippen molar-refractivity contribution in [3.05, 3.63) is 0 Å². The highest BCUT2D eigenvalue weighted by atomic mass is 16.5. The number of hydrogen-bond donors (Lipinski definition) is 2. The molecular formula is C18H33N3O2. The molecule has 3 rings (SSSR count). The molecular weight excluding hydrogens is 290 g/mol. The van der Waals surface area contributed by atoms with Gasteiger partial charge in [-0.15, -0.1) is 0 Å². The number of amides is 1. The van der Waals surface area contributed by atoms with Crippen LogP contribution in [0.5, 0.6) is 0 Å². The zero-order valence-corrected chi connectivity index (χ0v) is 14.7. The molecule has 2 unspecified atom stereocenters. The van der Waals surface area contributed by atoms with Crippen LogP contribution in [-0.4, -0.2) is 55.2 Å². The summed E-state index contributed by atoms with van der Waals surface area (Å²) < 4.78 is 5.43. The van der Waals surface area contributed by atoms with Gasteiger partial charge in [0, 0.05) is 37.1 Å². The fraction of sp³-hybridized carbons (Fsp3) is 0.944. The Morgan fingerprint density at radius 1 is 1.22 bits per heavy atom. The summed E-state index contributed by atoms with van der Waals surface area (Å²) >= 11 is 0. The Bertz CT molecular complexity index is 406. The second-order valence-electron chi connectivity index (χ2n) is 8.33. The van der Waals surface area contributed by atoms with Gasteiger partial charge in [0.05, 0.1) is 13.2 Å². The van der Waals surface area contributed by atoms with E-state index in [0.717, 1.165) is 39.1 Å². The Labute approximate surface area is 140 Å². The van der Waals surface area contributed by atoms with E-state index < -0.39 is 0 Å². The maximum absolute atomic E-state index is 12.7. The highest BCUT2D eigenvalue weighted by molar-refractivity contribution is 5.78. The maximum atomic E-state index is 12.7. The predicted octanol–water partition coefficient (Wildman–Crippen LogP) is 1.37. The van der Waals surface area contributed by atoms with Crippen LogP contribution in [0.15, 0.2) is 0 Å². The minimum Gasteiger partial charge on any atom is -0.379 e. The van der Waals surface area contributed by atoms with Crippen molar-refractivity contribution < 1.29 is 9.53 Å². The van der Waals surface area contributed by atoms with Gasteiger partial charge in [-0.1, -0.05) is 6.42 Å². The minimum atomic E-state index is -0.0135. The lowest BCUT2D eigenvalue weighted by Gasteiger charge is -2.44. The Hall–Kier alpha value is -0.650. The van der Waals surface area contributed by atoms with E-state index in [9.17, 15) is 4.79 Å². The van der Waals surface area contributed by atoms with Gasteiger partial charge in [0.1, 0.15) is 0 Å². The van der Waals surface area contributed by atoms with Crippen LogP contribution in [-0.2, 0) is 9.53 Å². The van der Waals surface area contributed by atoms with E-state index in [0.29, 0.717) is 24.4 Å². The molecule has 23 heavy (non-hydrogen) atoms. The van der Waals surface area contributed by atoms with Crippen molar-refractivity contribution in [1.29, 1.82) is 0 Å². The van der Waals surface area contributed by atoms with Gasteiger partial charge < -0.3 is 15.8 Å². The lowest BCUT2D eigenvalue weighted by atomic mass is 9.65. The number of hydrogen-bond acceptors (Lipinski definition) is 4. The van der Waals surface area contributed by atoms with Crippen LogP contribution >= 0.6 is 0 Å². The molecule has 5 heteroatoms. The Morgan fingerprint density at radius 3 is 2.43 bits per heavy atom. The molecule has 3 fully saturated rings. The number of rotatable bonds is 4. The van der Waals surface area contributed by atoms with Crippen molar-refractivity contribution in [2.75, 3.05) is 32.8 Å². The van der Waals surface area contributed by atoms with Crippen molar-refractivity contribution in [3.8, 4) is 0 Å². The van der Waals surface area contributed by atoms with E-state index in [1.165, 1.54) is 19.3 Å². The van der Waals surface area contributed by atoms with Crippen LogP contribution in [0.25, 0.3) is 0 Å². The summed E-state index contributed by atoms with van der Waals surface area (Å²) in [5.41, 5.74) is 6.32. The van der Waals surface area contributed by atoms with Gasteiger partial charge in [-0.25, -0.2) is 0 Å². The average Bonchev–Trinajstić information content (AvgIpc) is 2.53. The van der Waals surface area contributed by atoms with E-state index in [1.54, 1.807) is 0 Å². The number of fused-ring (bicyclic) bond motifs is 2. The number of carbonyl (C=O) groups is 1. The summed E-state index contributed by atoms with van der Waals surface area (Å²) in [5.74, 6) is 1.54. The highest BCUT2D eigenvalue weighted by Gasteiger charge is 2.40. The SMILES string of the molecule is CC(C)(CNC(=O)C1CC2CCCC(C1)C2N)N1CCOCC1. The summed E-state index contributed by atoms with van der Waals surface area (Å²) in [4.78, 5) is 15.1. The average molecular weight is 323 g/mol. The number of nitrogens with zero attached hydrogens (tertiary/aromatic N) is 1. The normalized spacial score (nSPS) is 35.8. The fourth-order valence-corrected chi connectivity index (χ4v) is 4.73. The molecule has 5 nitrogen and oxygen atoms in total. The maximum Gasteiger partial charge on any atom is 0.223 e. The van der Waals surface area contributed by atoms with Crippen LogP contribution in [0.3, 0.4) is 0 Å². The summed E-state index contributed by atoms with van der Waals surface area (Å²) in [6, 6.07) is 0.331. The molecule has 1 amide bonds. The molecule has 0 aromatic rings. The van der Waals surface area contributed by atoms with Gasteiger partial charge in [0.25, 0.3) is 0 Å². The third-order valence-corrected chi connectivity index (χ3v) is 6.35. The van der Waals surface area contributed by atoms with Gasteiger partial charge in [-0.05, 0) is 51.4 Å². The molecule has 1 aliphatic heterocycles. The van der Waals surface area contributed by atoms with Crippen molar-refractivity contribution >= 4 is 5.91 Å². The Morgan fingerprint density at radius 2 is 1.83 bits per heavy atom. The number of nitrogens with two attached hydrogens (primary N) is 1. The van der Waals surface area contributed by atoms with E-state index in [4.69, 9.17) is 10.5 Å². The largest absolute Gasteiger partial charge is 0.379 e. The summed E-state index contributed by atoms with van der Waals surface area (Å²) in [7, 11) is 0. The first-order valence-electron chi connectivity index (χ1n) is 9.33. The third-order valence-electron chi connectivity index (χ3n) is 6.35. The van der Waals surface area contributed by atoms with Crippen molar-refractivity contribution in [1.82, 2.24) is 10.2 Å². The second kappa shape index (κ2) is 7.08. The van der Waals surface area contributed by atoms with Gasteiger partial charge in [-0.3, -0.25) is 9.69 Å². The molecule has 0 aromatic carbocycles. The van der Waals surface area contributed by atoms with Gasteiger partial charge in [0.2, 0.25) is 5.91 Å². The third kappa shape index (κ3) is 3.89. The highest BCUT2D eigenvalue weighted by Crippen LogP contribution is 2.41. The standard InChI is InChI=1S/C18H33N3O2/c1-18(2,21-6-8-23-9-7-21)12-20-17(22)15-10-13-4-3-5-14(11-15)16(13)19/h13-16H,3-12,19H2,1-2H3,(H,20,22). The van der Waals surface area contributed by atoms with E-state index >= 15 is 0 Å². The van der Waals surface area contributed by atoms with Gasteiger partial charge in [-0.2, -0.15) is 0 Å². The predicted molar refractivity (Wildman–Crippen MR) is 91.0 cm³/mol. The second-order valence-corrected chi connectivity index (χ2v) is 8.33. The molecule has 0 spiro atoms. The number of nitrogens with one attached hydrogen (secondary N) is 1. The molecule has 132 valence electrons. The van der Waals surface area contributed by atoms with Gasteiger partial charge in [0.15, 0.2) is 0 Å². The van der Waals surface area contributed by atoms with Crippen LogP contribution in [0.2, 0.25) is 0 Å².